The maximum atomic E-state index is 13.0. The molecule has 1 saturated heterocycles. The summed E-state index contributed by atoms with van der Waals surface area (Å²) in [4.78, 5) is 31.3. The van der Waals surface area contributed by atoms with Crippen LogP contribution in [0.4, 0.5) is 5.69 Å². The maximum absolute atomic E-state index is 13.0. The van der Waals surface area contributed by atoms with E-state index in [0.717, 1.165) is 0 Å². The van der Waals surface area contributed by atoms with E-state index in [9.17, 15) is 9.59 Å². The molecule has 0 bridgehead atoms. The fourth-order valence-corrected chi connectivity index (χ4v) is 3.10. The van der Waals surface area contributed by atoms with Gasteiger partial charge in [0.1, 0.15) is 17.0 Å². The second-order valence-corrected chi connectivity index (χ2v) is 6.46. The number of carbonyl (C=O) groups excluding carboxylic acids is 2. The molecule has 3 heterocycles. The topological polar surface area (TPSA) is 84.7 Å². The number of hydrogen-bond donors (Lipinski definition) is 1. The smallest absolute Gasteiger partial charge is 0.291 e. The van der Waals surface area contributed by atoms with Gasteiger partial charge in [0, 0.05) is 29.7 Å². The lowest BCUT2D eigenvalue weighted by Gasteiger charge is -2.26. The van der Waals surface area contributed by atoms with Gasteiger partial charge in [-0.2, -0.15) is 0 Å². The van der Waals surface area contributed by atoms with Gasteiger partial charge in [0.05, 0.1) is 13.2 Å². The van der Waals surface area contributed by atoms with Crippen molar-refractivity contribution >= 4 is 40.1 Å². The highest BCUT2D eigenvalue weighted by Crippen LogP contribution is 2.32. The van der Waals surface area contributed by atoms with Crippen LogP contribution in [-0.4, -0.2) is 48.0 Å². The zero-order chi connectivity index (χ0) is 18.8. The summed E-state index contributed by atoms with van der Waals surface area (Å²) in [6.07, 6.45) is 1.45. The molecule has 0 radical (unpaired) electrons. The highest BCUT2D eigenvalue weighted by Gasteiger charge is 2.27. The minimum Gasteiger partial charge on any atom is -0.449 e. The number of pyridine rings is 1. The number of furan rings is 1. The molecule has 8 heteroatoms. The lowest BCUT2D eigenvalue weighted by molar-refractivity contribution is 0.0285. The van der Waals surface area contributed by atoms with Gasteiger partial charge in [0.15, 0.2) is 0 Å². The van der Waals surface area contributed by atoms with Crippen LogP contribution in [0.2, 0.25) is 5.02 Å². The van der Waals surface area contributed by atoms with Crippen molar-refractivity contribution in [1.29, 1.82) is 0 Å². The van der Waals surface area contributed by atoms with Crippen LogP contribution in [0, 0.1) is 0 Å². The van der Waals surface area contributed by atoms with Gasteiger partial charge in [-0.1, -0.05) is 23.7 Å². The molecule has 2 aromatic heterocycles. The summed E-state index contributed by atoms with van der Waals surface area (Å²) in [5.74, 6) is -0.669. The van der Waals surface area contributed by atoms with Gasteiger partial charge in [0.2, 0.25) is 5.76 Å². The zero-order valence-corrected chi connectivity index (χ0v) is 15.0. The number of para-hydroxylation sites is 1. The molecule has 4 rings (SSSR count). The molecular formula is C19H16ClN3O4. The standard InChI is InChI=1S/C19H16ClN3O4/c20-12-5-6-21-14(11-12)18(24)22-16-13-3-1-2-4-15(13)27-17(16)19(25)23-7-9-26-10-8-23/h1-6,11H,7-10H2,(H,22,24). The van der Waals surface area contributed by atoms with E-state index in [0.29, 0.717) is 48.0 Å². The third kappa shape index (κ3) is 3.51. The first-order chi connectivity index (χ1) is 13.1. The van der Waals surface area contributed by atoms with Crippen LogP contribution in [0.25, 0.3) is 11.0 Å². The van der Waals surface area contributed by atoms with Crippen molar-refractivity contribution in [3.63, 3.8) is 0 Å². The minimum atomic E-state index is -0.472. The summed E-state index contributed by atoms with van der Waals surface area (Å²) in [5, 5.41) is 3.81. The van der Waals surface area contributed by atoms with Crippen LogP contribution in [0.15, 0.2) is 47.0 Å². The second kappa shape index (κ2) is 7.38. The molecule has 0 unspecified atom stereocenters. The van der Waals surface area contributed by atoms with E-state index in [1.807, 2.05) is 6.07 Å². The lowest BCUT2D eigenvalue weighted by atomic mass is 10.2. The van der Waals surface area contributed by atoms with Crippen molar-refractivity contribution < 1.29 is 18.7 Å². The summed E-state index contributed by atoms with van der Waals surface area (Å²) >= 11 is 5.94. The molecule has 27 heavy (non-hydrogen) atoms. The number of aromatic nitrogens is 1. The van der Waals surface area contributed by atoms with E-state index in [1.54, 1.807) is 29.2 Å². The van der Waals surface area contributed by atoms with Crippen molar-refractivity contribution in [2.75, 3.05) is 31.6 Å². The fourth-order valence-electron chi connectivity index (χ4n) is 2.94. The van der Waals surface area contributed by atoms with Crippen LogP contribution in [0.3, 0.4) is 0 Å². The van der Waals surface area contributed by atoms with Crippen molar-refractivity contribution in [2.45, 2.75) is 0 Å². The van der Waals surface area contributed by atoms with E-state index in [2.05, 4.69) is 10.3 Å². The van der Waals surface area contributed by atoms with Crippen molar-refractivity contribution in [3.05, 3.63) is 59.1 Å². The minimum absolute atomic E-state index is 0.0912. The number of anilines is 1. The lowest BCUT2D eigenvalue weighted by Crippen LogP contribution is -2.40. The monoisotopic (exact) mass is 385 g/mol. The normalized spacial score (nSPS) is 14.3. The molecule has 1 fully saturated rings. The molecule has 0 saturated carbocycles. The number of carbonyl (C=O) groups is 2. The SMILES string of the molecule is O=C(Nc1c(C(=O)N2CCOCC2)oc2ccccc12)c1cc(Cl)ccn1. The van der Waals surface area contributed by atoms with Crippen LogP contribution in [0.5, 0.6) is 0 Å². The van der Waals surface area contributed by atoms with Gasteiger partial charge >= 0.3 is 0 Å². The first kappa shape index (κ1) is 17.5. The van der Waals surface area contributed by atoms with Gasteiger partial charge in [-0.05, 0) is 24.3 Å². The highest BCUT2D eigenvalue weighted by atomic mass is 35.5. The number of rotatable bonds is 3. The van der Waals surface area contributed by atoms with E-state index in [-0.39, 0.29) is 17.4 Å². The van der Waals surface area contributed by atoms with Crippen LogP contribution >= 0.6 is 11.6 Å². The number of nitrogens with one attached hydrogen (secondary N) is 1. The number of ether oxygens (including phenoxy) is 1. The van der Waals surface area contributed by atoms with Crippen LogP contribution in [-0.2, 0) is 4.74 Å². The average molecular weight is 386 g/mol. The first-order valence-electron chi connectivity index (χ1n) is 8.45. The van der Waals surface area contributed by atoms with Crippen molar-refractivity contribution in [2.24, 2.45) is 0 Å². The summed E-state index contributed by atoms with van der Waals surface area (Å²) in [5.41, 5.74) is 0.995. The molecule has 1 aliphatic rings. The van der Waals surface area contributed by atoms with Crippen LogP contribution < -0.4 is 5.32 Å². The average Bonchev–Trinajstić information content (AvgIpc) is 3.06. The Balaban J connectivity index is 1.72. The Morgan fingerprint density at radius 1 is 1.15 bits per heavy atom. The Morgan fingerprint density at radius 2 is 1.93 bits per heavy atom. The van der Waals surface area contributed by atoms with E-state index in [4.69, 9.17) is 20.8 Å². The largest absolute Gasteiger partial charge is 0.449 e. The summed E-state index contributed by atoms with van der Waals surface area (Å²) < 4.78 is 11.1. The molecule has 2 amide bonds. The predicted molar refractivity (Wildman–Crippen MR) is 100 cm³/mol. The zero-order valence-electron chi connectivity index (χ0n) is 14.3. The third-order valence-electron chi connectivity index (χ3n) is 4.28. The number of halogens is 1. The van der Waals surface area contributed by atoms with E-state index in [1.165, 1.54) is 12.3 Å². The number of morpholine rings is 1. The third-order valence-corrected chi connectivity index (χ3v) is 4.52. The number of hydrogen-bond acceptors (Lipinski definition) is 5. The van der Waals surface area contributed by atoms with E-state index >= 15 is 0 Å². The van der Waals surface area contributed by atoms with Gasteiger partial charge in [-0.15, -0.1) is 0 Å². The molecular weight excluding hydrogens is 370 g/mol. The molecule has 7 nitrogen and oxygen atoms in total. The molecule has 0 spiro atoms. The summed E-state index contributed by atoms with van der Waals surface area (Å²) in [6, 6.07) is 10.2. The van der Waals surface area contributed by atoms with Gasteiger partial charge in [0.25, 0.3) is 11.8 Å². The fraction of sp³-hybridized carbons (Fsp3) is 0.211. The molecule has 1 aromatic carbocycles. The Bertz CT molecular complexity index is 1010. The molecule has 138 valence electrons. The molecule has 0 aliphatic carbocycles. The quantitative estimate of drug-likeness (QED) is 0.748. The van der Waals surface area contributed by atoms with Gasteiger partial charge < -0.3 is 19.4 Å². The highest BCUT2D eigenvalue weighted by molar-refractivity contribution is 6.31. The predicted octanol–water partition coefficient (Wildman–Crippen LogP) is 3.21. The number of nitrogens with zero attached hydrogens (tertiary/aromatic N) is 2. The van der Waals surface area contributed by atoms with E-state index < -0.39 is 5.91 Å². The first-order valence-corrected chi connectivity index (χ1v) is 8.83. The van der Waals surface area contributed by atoms with Crippen molar-refractivity contribution in [1.82, 2.24) is 9.88 Å². The van der Waals surface area contributed by atoms with Gasteiger partial charge in [-0.25, -0.2) is 0 Å². The summed E-state index contributed by atoms with van der Waals surface area (Å²) in [6.45, 7) is 1.89. The van der Waals surface area contributed by atoms with Crippen molar-refractivity contribution in [3.8, 4) is 0 Å². The Hall–Kier alpha value is -2.90. The Morgan fingerprint density at radius 3 is 2.70 bits per heavy atom. The number of fused-ring (bicyclic) bond motifs is 1. The second-order valence-electron chi connectivity index (χ2n) is 6.02. The summed E-state index contributed by atoms with van der Waals surface area (Å²) in [7, 11) is 0. The molecule has 3 aromatic rings. The van der Waals surface area contributed by atoms with Gasteiger partial charge in [-0.3, -0.25) is 14.6 Å². The Labute approximate surface area is 159 Å². The molecule has 1 N–H and O–H groups in total. The maximum Gasteiger partial charge on any atom is 0.291 e. The number of benzene rings is 1. The van der Waals surface area contributed by atoms with Crippen LogP contribution in [0.1, 0.15) is 21.0 Å². The molecule has 0 atom stereocenters. The number of amides is 2. The molecule has 1 aliphatic heterocycles. The Kier molecular flexibility index (Phi) is 4.79.